The number of carbonyl (C=O) groups is 1. The van der Waals surface area contributed by atoms with Crippen molar-refractivity contribution in [2.45, 2.75) is 19.4 Å². The molecule has 1 unspecified atom stereocenters. The summed E-state index contributed by atoms with van der Waals surface area (Å²) in [5.74, 6) is 0.378. The van der Waals surface area contributed by atoms with Crippen molar-refractivity contribution < 1.29 is 4.79 Å². The number of hydrogen-bond donors (Lipinski definition) is 3. The lowest BCUT2D eigenvalue weighted by Gasteiger charge is -2.09. The van der Waals surface area contributed by atoms with E-state index in [1.165, 1.54) is 0 Å². The van der Waals surface area contributed by atoms with Crippen LogP contribution >= 0.6 is 0 Å². The van der Waals surface area contributed by atoms with Crippen molar-refractivity contribution in [2.24, 2.45) is 0 Å². The van der Waals surface area contributed by atoms with Gasteiger partial charge in [-0.15, -0.1) is 0 Å². The molecule has 0 spiro atoms. The standard InChI is InChI=1S/C15H19N5O/c1-10-2-3-11(16)8-13(10)15(21)18-14-5-7-20(19-14)12-4-6-17-9-12/h2-3,5,7-8,12,17H,4,6,9,16H2,1H3,(H,18,19,21). The second-order valence-corrected chi connectivity index (χ2v) is 5.36. The first-order chi connectivity index (χ1) is 10.1. The van der Waals surface area contributed by atoms with Crippen LogP contribution in [0.2, 0.25) is 0 Å². The highest BCUT2D eigenvalue weighted by Gasteiger charge is 2.18. The number of nitrogens with two attached hydrogens (primary N) is 1. The third kappa shape index (κ3) is 2.90. The molecule has 0 aliphatic carbocycles. The van der Waals surface area contributed by atoms with Crippen LogP contribution in [-0.2, 0) is 0 Å². The van der Waals surface area contributed by atoms with Crippen molar-refractivity contribution in [1.29, 1.82) is 0 Å². The number of nitrogens with zero attached hydrogens (tertiary/aromatic N) is 2. The van der Waals surface area contributed by atoms with E-state index in [2.05, 4.69) is 15.7 Å². The number of rotatable bonds is 3. The molecule has 21 heavy (non-hydrogen) atoms. The predicted molar refractivity (Wildman–Crippen MR) is 82.3 cm³/mol. The molecule has 0 bridgehead atoms. The molecule has 0 saturated carbocycles. The van der Waals surface area contributed by atoms with E-state index in [0.29, 0.717) is 23.1 Å². The van der Waals surface area contributed by atoms with Gasteiger partial charge in [0.15, 0.2) is 5.82 Å². The van der Waals surface area contributed by atoms with Crippen LogP contribution in [0.1, 0.15) is 28.4 Å². The van der Waals surface area contributed by atoms with Crippen LogP contribution in [-0.4, -0.2) is 28.8 Å². The molecule has 1 aliphatic rings. The number of nitrogen functional groups attached to an aromatic ring is 1. The SMILES string of the molecule is Cc1ccc(N)cc1C(=O)Nc1ccn(C2CCNC2)n1. The Morgan fingerprint density at radius 2 is 2.33 bits per heavy atom. The van der Waals surface area contributed by atoms with Gasteiger partial charge in [0, 0.05) is 30.1 Å². The minimum atomic E-state index is -0.186. The van der Waals surface area contributed by atoms with Gasteiger partial charge in [0.1, 0.15) is 0 Å². The Hall–Kier alpha value is -2.34. The zero-order chi connectivity index (χ0) is 14.8. The highest BCUT2D eigenvalue weighted by Crippen LogP contribution is 2.17. The Balaban J connectivity index is 1.74. The maximum atomic E-state index is 12.3. The zero-order valence-corrected chi connectivity index (χ0v) is 12.0. The zero-order valence-electron chi connectivity index (χ0n) is 12.0. The summed E-state index contributed by atoms with van der Waals surface area (Å²) >= 11 is 0. The second kappa shape index (κ2) is 5.57. The molecule has 2 aromatic rings. The summed E-state index contributed by atoms with van der Waals surface area (Å²) in [6.45, 7) is 3.81. The number of benzene rings is 1. The predicted octanol–water partition coefficient (Wildman–Crippen LogP) is 1.56. The van der Waals surface area contributed by atoms with Gasteiger partial charge in [-0.05, 0) is 37.6 Å². The maximum Gasteiger partial charge on any atom is 0.257 e. The number of nitrogens with one attached hydrogen (secondary N) is 2. The number of hydrogen-bond acceptors (Lipinski definition) is 4. The molecule has 1 amide bonds. The van der Waals surface area contributed by atoms with Gasteiger partial charge < -0.3 is 16.4 Å². The number of carbonyl (C=O) groups excluding carboxylic acids is 1. The maximum absolute atomic E-state index is 12.3. The van der Waals surface area contributed by atoms with Crippen molar-refractivity contribution in [3.63, 3.8) is 0 Å². The summed E-state index contributed by atoms with van der Waals surface area (Å²) in [7, 11) is 0. The largest absolute Gasteiger partial charge is 0.399 e. The van der Waals surface area contributed by atoms with Crippen molar-refractivity contribution in [3.05, 3.63) is 41.6 Å². The van der Waals surface area contributed by atoms with E-state index in [1.807, 2.05) is 29.9 Å². The van der Waals surface area contributed by atoms with Crippen LogP contribution in [0.25, 0.3) is 0 Å². The fourth-order valence-electron chi connectivity index (χ4n) is 2.54. The lowest BCUT2D eigenvalue weighted by molar-refractivity contribution is 0.102. The summed E-state index contributed by atoms with van der Waals surface area (Å²) in [6.07, 6.45) is 2.96. The van der Waals surface area contributed by atoms with Gasteiger partial charge in [-0.2, -0.15) is 5.10 Å². The van der Waals surface area contributed by atoms with Crippen LogP contribution in [0.15, 0.2) is 30.5 Å². The lowest BCUT2D eigenvalue weighted by atomic mass is 10.1. The summed E-state index contributed by atoms with van der Waals surface area (Å²) in [5, 5.41) is 10.5. The molecule has 0 radical (unpaired) electrons. The molecule has 4 N–H and O–H groups in total. The molecule has 2 heterocycles. The molecule has 1 aromatic heterocycles. The van der Waals surface area contributed by atoms with Crippen molar-refractivity contribution in [1.82, 2.24) is 15.1 Å². The average Bonchev–Trinajstić information content (AvgIpc) is 3.11. The highest BCUT2D eigenvalue weighted by atomic mass is 16.1. The van der Waals surface area contributed by atoms with Crippen molar-refractivity contribution in [2.75, 3.05) is 24.1 Å². The Morgan fingerprint density at radius 1 is 1.48 bits per heavy atom. The van der Waals surface area contributed by atoms with Gasteiger partial charge >= 0.3 is 0 Å². The third-order valence-electron chi connectivity index (χ3n) is 3.76. The normalized spacial score (nSPS) is 17.9. The first kappa shape index (κ1) is 13.6. The molecular weight excluding hydrogens is 266 g/mol. The molecule has 1 saturated heterocycles. The van der Waals surface area contributed by atoms with E-state index in [9.17, 15) is 4.79 Å². The van der Waals surface area contributed by atoms with E-state index in [4.69, 9.17) is 5.73 Å². The summed E-state index contributed by atoms with van der Waals surface area (Å²) in [6, 6.07) is 7.49. The van der Waals surface area contributed by atoms with Gasteiger partial charge in [0.2, 0.25) is 0 Å². The Morgan fingerprint density at radius 3 is 3.10 bits per heavy atom. The Bertz CT molecular complexity index is 658. The van der Waals surface area contributed by atoms with E-state index in [0.717, 1.165) is 25.1 Å². The number of amides is 1. The van der Waals surface area contributed by atoms with E-state index < -0.39 is 0 Å². The molecule has 3 rings (SSSR count). The quantitative estimate of drug-likeness (QED) is 0.747. The van der Waals surface area contributed by atoms with Crippen LogP contribution in [0.3, 0.4) is 0 Å². The number of aryl methyl sites for hydroxylation is 1. The molecule has 1 atom stereocenters. The van der Waals surface area contributed by atoms with E-state index in [1.54, 1.807) is 12.1 Å². The monoisotopic (exact) mass is 285 g/mol. The van der Waals surface area contributed by atoms with Crippen molar-refractivity contribution >= 4 is 17.4 Å². The van der Waals surface area contributed by atoms with Gasteiger partial charge in [0.05, 0.1) is 6.04 Å². The van der Waals surface area contributed by atoms with Crippen LogP contribution in [0, 0.1) is 6.92 Å². The summed E-state index contributed by atoms with van der Waals surface area (Å²) in [4.78, 5) is 12.3. The van der Waals surface area contributed by atoms with Gasteiger partial charge in [-0.1, -0.05) is 6.07 Å². The average molecular weight is 285 g/mol. The molecule has 6 heteroatoms. The summed E-state index contributed by atoms with van der Waals surface area (Å²) in [5.41, 5.74) is 7.78. The van der Waals surface area contributed by atoms with E-state index in [-0.39, 0.29) is 5.91 Å². The Labute approximate surface area is 123 Å². The molecule has 1 aliphatic heterocycles. The fourth-order valence-corrected chi connectivity index (χ4v) is 2.54. The van der Waals surface area contributed by atoms with Crippen LogP contribution in [0.4, 0.5) is 11.5 Å². The van der Waals surface area contributed by atoms with E-state index >= 15 is 0 Å². The molecule has 110 valence electrons. The number of aromatic nitrogens is 2. The smallest absolute Gasteiger partial charge is 0.257 e. The third-order valence-corrected chi connectivity index (χ3v) is 3.76. The second-order valence-electron chi connectivity index (χ2n) is 5.36. The van der Waals surface area contributed by atoms with Gasteiger partial charge in [-0.25, -0.2) is 0 Å². The molecule has 1 fully saturated rings. The first-order valence-electron chi connectivity index (χ1n) is 7.07. The minimum absolute atomic E-state index is 0.186. The topological polar surface area (TPSA) is 85.0 Å². The Kier molecular flexibility index (Phi) is 3.62. The lowest BCUT2D eigenvalue weighted by Crippen LogP contribution is -2.16. The highest BCUT2D eigenvalue weighted by molar-refractivity contribution is 6.05. The fraction of sp³-hybridized carbons (Fsp3) is 0.333. The molecule has 6 nitrogen and oxygen atoms in total. The van der Waals surface area contributed by atoms with Gasteiger partial charge in [-0.3, -0.25) is 9.48 Å². The van der Waals surface area contributed by atoms with Crippen molar-refractivity contribution in [3.8, 4) is 0 Å². The first-order valence-corrected chi connectivity index (χ1v) is 7.07. The van der Waals surface area contributed by atoms with Gasteiger partial charge in [0.25, 0.3) is 5.91 Å². The molecule has 1 aromatic carbocycles. The number of anilines is 2. The minimum Gasteiger partial charge on any atom is -0.399 e. The summed E-state index contributed by atoms with van der Waals surface area (Å²) < 4.78 is 1.90. The molecular formula is C15H19N5O. The van der Waals surface area contributed by atoms with Crippen LogP contribution in [0.5, 0.6) is 0 Å². The van der Waals surface area contributed by atoms with Crippen LogP contribution < -0.4 is 16.4 Å².